The number of carboxylic acid groups (broad SMARTS) is 1. The SMILES string of the molecule is Cc1ccc(S(=O)(=O)N(CCCC(=O)O)C(=O)C2(SC[C@H](O)[C@@](C)(O)S)c3ccccc3N(CCCS(=O)(=O)O)c3ccccc32)cc1. The van der Waals surface area contributed by atoms with Crippen molar-refractivity contribution in [1.82, 2.24) is 4.31 Å². The van der Waals surface area contributed by atoms with Crippen molar-refractivity contribution in [3.63, 3.8) is 0 Å². The van der Waals surface area contributed by atoms with Crippen LogP contribution in [0.4, 0.5) is 11.4 Å². The summed E-state index contributed by atoms with van der Waals surface area (Å²) in [7, 11) is -8.85. The Balaban J connectivity index is 1.98. The molecule has 2 atom stereocenters. The van der Waals surface area contributed by atoms with Crippen molar-refractivity contribution in [1.29, 1.82) is 0 Å². The van der Waals surface area contributed by atoms with E-state index in [1.165, 1.54) is 19.1 Å². The number of para-hydroxylation sites is 2. The summed E-state index contributed by atoms with van der Waals surface area (Å²) < 4.78 is 60.0. The first kappa shape index (κ1) is 37.7. The van der Waals surface area contributed by atoms with Gasteiger partial charge in [-0.1, -0.05) is 54.1 Å². The standard InChI is InChI=1S/C32H38N2O10S4/c1-22-14-16-23(17-15-22)48(43,44)34(19-7-13-29(36)37)30(38)32(46-21-28(35)31(2,39)45)24-9-3-5-11-26(24)33(18-8-20-47(40,41)42)27-12-6-4-10-25(27)32/h3-6,9-12,14-17,28,35,39,45H,7-8,13,18-21H2,1-2H3,(H,36,37)(H,40,41,42)/t28-,31-/m0/s1. The Hall–Kier alpha value is -3.12. The summed E-state index contributed by atoms with van der Waals surface area (Å²) in [5.41, 5.74) is 2.30. The van der Waals surface area contributed by atoms with Gasteiger partial charge in [-0.05, 0) is 51.0 Å². The van der Waals surface area contributed by atoms with Gasteiger partial charge in [-0.3, -0.25) is 14.1 Å². The molecule has 0 bridgehead atoms. The molecule has 0 spiro atoms. The number of nitrogens with zero attached hydrogens (tertiary/aromatic N) is 2. The van der Waals surface area contributed by atoms with Crippen molar-refractivity contribution in [2.24, 2.45) is 0 Å². The van der Waals surface area contributed by atoms with Crippen molar-refractivity contribution in [2.75, 3.05) is 29.5 Å². The van der Waals surface area contributed by atoms with E-state index in [1.807, 2.05) is 0 Å². The van der Waals surface area contributed by atoms with E-state index >= 15 is 4.79 Å². The van der Waals surface area contributed by atoms with Crippen LogP contribution in [0, 0.1) is 6.92 Å². The number of aryl methyl sites for hydroxylation is 1. The van der Waals surface area contributed by atoms with Crippen molar-refractivity contribution >= 4 is 67.8 Å². The third kappa shape index (κ3) is 8.18. The fourth-order valence-corrected chi connectivity index (χ4v) is 9.31. The zero-order valence-electron chi connectivity index (χ0n) is 26.3. The van der Waals surface area contributed by atoms with E-state index in [0.717, 1.165) is 17.3 Å². The van der Waals surface area contributed by atoms with E-state index in [1.54, 1.807) is 72.5 Å². The van der Waals surface area contributed by atoms with Crippen LogP contribution in [0.3, 0.4) is 0 Å². The third-order valence-corrected chi connectivity index (χ3v) is 12.3. The Morgan fingerprint density at radius 3 is 2.00 bits per heavy atom. The van der Waals surface area contributed by atoms with Crippen LogP contribution in [-0.2, 0) is 34.5 Å². The molecule has 16 heteroatoms. The second kappa shape index (κ2) is 14.8. The van der Waals surface area contributed by atoms with Crippen LogP contribution >= 0.6 is 24.4 Å². The number of carbonyl (C=O) groups is 2. The van der Waals surface area contributed by atoms with Gasteiger partial charge in [-0.25, -0.2) is 12.7 Å². The summed E-state index contributed by atoms with van der Waals surface area (Å²) in [5.74, 6) is -2.92. The summed E-state index contributed by atoms with van der Waals surface area (Å²) in [5, 5.41) is 30.8. The third-order valence-electron chi connectivity index (χ3n) is 7.91. The van der Waals surface area contributed by atoms with E-state index in [0.29, 0.717) is 26.8 Å². The number of hydrogen-bond acceptors (Lipinski definition) is 11. The van der Waals surface area contributed by atoms with E-state index in [9.17, 15) is 41.5 Å². The monoisotopic (exact) mass is 738 g/mol. The Labute approximate surface area is 290 Å². The maximum Gasteiger partial charge on any atom is 0.303 e. The number of hydrogen-bond donors (Lipinski definition) is 5. The van der Waals surface area contributed by atoms with Crippen molar-refractivity contribution in [3.8, 4) is 0 Å². The molecule has 0 aliphatic carbocycles. The van der Waals surface area contributed by atoms with Crippen LogP contribution in [-0.4, -0.2) is 88.5 Å². The van der Waals surface area contributed by atoms with Crippen LogP contribution in [0.5, 0.6) is 0 Å². The van der Waals surface area contributed by atoms with Gasteiger partial charge in [0.05, 0.1) is 10.6 Å². The largest absolute Gasteiger partial charge is 0.481 e. The number of aliphatic carboxylic acids is 1. The van der Waals surface area contributed by atoms with Gasteiger partial charge in [0.2, 0.25) is 0 Å². The Morgan fingerprint density at radius 1 is 0.958 bits per heavy atom. The lowest BCUT2D eigenvalue weighted by Gasteiger charge is -2.46. The molecule has 3 aromatic carbocycles. The Morgan fingerprint density at radius 2 is 1.50 bits per heavy atom. The number of carboxylic acids is 1. The number of aliphatic hydroxyl groups is 2. The minimum absolute atomic E-state index is 0.0138. The number of carbonyl (C=O) groups excluding carboxylic acids is 1. The highest BCUT2D eigenvalue weighted by atomic mass is 32.2. The van der Waals surface area contributed by atoms with Gasteiger partial charge in [-0.15, -0.1) is 24.4 Å². The molecule has 0 aromatic heterocycles. The molecule has 0 saturated heterocycles. The van der Waals surface area contributed by atoms with Gasteiger partial charge in [0.1, 0.15) is 15.8 Å². The molecule has 48 heavy (non-hydrogen) atoms. The van der Waals surface area contributed by atoms with Crippen LogP contribution < -0.4 is 4.90 Å². The van der Waals surface area contributed by atoms with Crippen LogP contribution in [0.25, 0.3) is 0 Å². The Bertz CT molecular complexity index is 1810. The number of amides is 1. The molecule has 3 aromatic rings. The average molecular weight is 739 g/mol. The van der Waals surface area contributed by atoms with Crippen LogP contribution in [0.2, 0.25) is 0 Å². The fraction of sp³-hybridized carbons (Fsp3) is 0.375. The number of thiol groups is 1. The zero-order chi connectivity index (χ0) is 35.5. The quantitative estimate of drug-likeness (QED) is 0.0864. The van der Waals surface area contributed by atoms with Gasteiger partial charge in [0.25, 0.3) is 26.0 Å². The second-order valence-electron chi connectivity index (χ2n) is 11.6. The van der Waals surface area contributed by atoms with E-state index in [2.05, 4.69) is 12.6 Å². The molecular weight excluding hydrogens is 701 g/mol. The van der Waals surface area contributed by atoms with E-state index < -0.39 is 66.5 Å². The molecule has 1 aliphatic rings. The minimum atomic E-state index is -4.58. The maximum atomic E-state index is 15.3. The molecule has 0 fully saturated rings. The lowest BCUT2D eigenvalue weighted by atomic mass is 9.83. The highest BCUT2D eigenvalue weighted by molar-refractivity contribution is 8.01. The van der Waals surface area contributed by atoms with E-state index in [-0.39, 0.29) is 30.0 Å². The van der Waals surface area contributed by atoms with Crippen molar-refractivity contribution < 1.29 is 46.3 Å². The molecule has 4 N–H and O–H groups in total. The molecule has 1 aliphatic heterocycles. The number of sulfonamides is 1. The molecule has 1 heterocycles. The lowest BCUT2D eigenvalue weighted by molar-refractivity contribution is -0.137. The summed E-state index contributed by atoms with van der Waals surface area (Å²) in [6, 6.07) is 19.2. The molecule has 4 rings (SSSR count). The van der Waals surface area contributed by atoms with Crippen molar-refractivity contribution in [3.05, 3.63) is 89.5 Å². The summed E-state index contributed by atoms with van der Waals surface area (Å²) >= 11 is 4.98. The number of thioether (sulfide) groups is 1. The predicted molar refractivity (Wildman–Crippen MR) is 187 cm³/mol. The first-order valence-electron chi connectivity index (χ1n) is 14.9. The number of rotatable bonds is 15. The molecule has 0 saturated carbocycles. The van der Waals surface area contributed by atoms with Crippen LogP contribution in [0.1, 0.15) is 42.9 Å². The number of fused-ring (bicyclic) bond motifs is 2. The molecule has 0 unspecified atom stereocenters. The van der Waals surface area contributed by atoms with Gasteiger partial charge in [0.15, 0.2) is 0 Å². The maximum absolute atomic E-state index is 15.3. The molecule has 0 radical (unpaired) electrons. The summed E-state index contributed by atoms with van der Waals surface area (Å²) in [4.78, 5) is 26.5. The van der Waals surface area contributed by atoms with Gasteiger partial charge in [-0.2, -0.15) is 8.42 Å². The summed E-state index contributed by atoms with van der Waals surface area (Å²) in [6.45, 7) is 2.67. The zero-order valence-corrected chi connectivity index (χ0v) is 29.6. The predicted octanol–water partition coefficient (Wildman–Crippen LogP) is 3.78. The Kier molecular flexibility index (Phi) is 11.6. The smallest absolute Gasteiger partial charge is 0.303 e. The second-order valence-corrected chi connectivity index (χ2v) is 17.2. The van der Waals surface area contributed by atoms with Gasteiger partial charge < -0.3 is 20.2 Å². The fourth-order valence-electron chi connectivity index (χ4n) is 5.46. The minimum Gasteiger partial charge on any atom is -0.481 e. The highest BCUT2D eigenvalue weighted by Crippen LogP contribution is 2.56. The van der Waals surface area contributed by atoms with Gasteiger partial charge >= 0.3 is 5.97 Å². The molecule has 12 nitrogen and oxygen atoms in total. The molecule has 1 amide bonds. The van der Waals surface area contributed by atoms with Gasteiger partial charge in [0, 0.05) is 47.8 Å². The molecule has 260 valence electrons. The average Bonchev–Trinajstić information content (AvgIpc) is 3.01. The number of benzene rings is 3. The molecular formula is C32H38N2O10S4. The number of aliphatic hydroxyl groups excluding tert-OH is 1. The first-order chi connectivity index (χ1) is 22.4. The summed E-state index contributed by atoms with van der Waals surface area (Å²) in [6.07, 6.45) is -2.08. The van der Waals surface area contributed by atoms with Crippen molar-refractivity contribution in [2.45, 2.75) is 53.8 Å². The first-order valence-corrected chi connectivity index (χ1v) is 19.4. The lowest BCUT2D eigenvalue weighted by Crippen LogP contribution is -2.52. The van der Waals surface area contributed by atoms with E-state index in [4.69, 9.17) is 0 Å². The normalized spacial score (nSPS) is 15.9. The topological polar surface area (TPSA) is 190 Å². The number of anilines is 2. The van der Waals surface area contributed by atoms with Crippen LogP contribution in [0.15, 0.2) is 77.7 Å². The highest BCUT2D eigenvalue weighted by Gasteiger charge is 2.54.